The average Bonchev–Trinajstić information content (AvgIpc) is 2.80. The van der Waals surface area contributed by atoms with Crippen LogP contribution >= 0.6 is 0 Å². The fourth-order valence-electron chi connectivity index (χ4n) is 2.98. The van der Waals surface area contributed by atoms with Crippen molar-refractivity contribution in [3.05, 3.63) is 96.9 Å². The Labute approximate surface area is 193 Å². The Morgan fingerprint density at radius 1 is 1.06 bits per heavy atom. The van der Waals surface area contributed by atoms with Crippen molar-refractivity contribution in [3.63, 3.8) is 0 Å². The number of amides is 1. The Kier molecular flexibility index (Phi) is 12.8. The van der Waals surface area contributed by atoms with E-state index < -0.39 is 0 Å². The van der Waals surface area contributed by atoms with Crippen molar-refractivity contribution in [2.45, 2.75) is 53.0 Å². The first-order valence-electron chi connectivity index (χ1n) is 11.1. The molecule has 1 atom stereocenters. The summed E-state index contributed by atoms with van der Waals surface area (Å²) in [5, 5.41) is 6.20. The van der Waals surface area contributed by atoms with Crippen LogP contribution in [-0.4, -0.2) is 18.2 Å². The Bertz CT molecular complexity index is 913. The van der Waals surface area contributed by atoms with Crippen molar-refractivity contribution in [2.24, 2.45) is 4.99 Å². The summed E-state index contributed by atoms with van der Waals surface area (Å²) >= 11 is 0. The number of hydrogen-bond donors (Lipinski definition) is 2. The molecule has 2 aromatic rings. The third-order valence-electron chi connectivity index (χ3n) is 4.47. The van der Waals surface area contributed by atoms with E-state index in [9.17, 15) is 4.79 Å². The molecule has 0 aromatic heterocycles. The quantitative estimate of drug-likeness (QED) is 0.399. The average molecular weight is 432 g/mol. The minimum absolute atomic E-state index is 0.0573. The van der Waals surface area contributed by atoms with Crippen LogP contribution in [0.3, 0.4) is 0 Å². The first-order chi connectivity index (χ1) is 15.4. The maximum absolute atomic E-state index is 12.7. The summed E-state index contributed by atoms with van der Waals surface area (Å²) < 4.78 is 0. The summed E-state index contributed by atoms with van der Waals surface area (Å²) in [4.78, 5) is 16.6. The first kappa shape index (κ1) is 26.6. The number of carbonyl (C=O) groups is 1. The molecule has 2 N–H and O–H groups in total. The summed E-state index contributed by atoms with van der Waals surface area (Å²) in [5.41, 5.74) is 4.40. The van der Waals surface area contributed by atoms with Crippen LogP contribution in [0.5, 0.6) is 0 Å². The molecule has 1 unspecified atom stereocenters. The van der Waals surface area contributed by atoms with E-state index in [0.717, 1.165) is 47.3 Å². The third kappa shape index (κ3) is 9.61. The maximum atomic E-state index is 12.7. The van der Waals surface area contributed by atoms with Crippen LogP contribution < -0.4 is 10.6 Å². The Morgan fingerprint density at radius 2 is 1.72 bits per heavy atom. The normalized spacial score (nSPS) is 11.5. The van der Waals surface area contributed by atoms with Crippen molar-refractivity contribution in [3.8, 4) is 0 Å². The van der Waals surface area contributed by atoms with Gasteiger partial charge in [-0.05, 0) is 43.9 Å². The molecule has 4 heteroatoms. The van der Waals surface area contributed by atoms with Crippen LogP contribution in [0.2, 0.25) is 0 Å². The molecule has 0 aliphatic carbocycles. The van der Waals surface area contributed by atoms with E-state index in [1.54, 1.807) is 6.20 Å². The maximum Gasteiger partial charge on any atom is 0.246 e. The van der Waals surface area contributed by atoms with Gasteiger partial charge in [-0.2, -0.15) is 0 Å². The molecule has 4 nitrogen and oxygen atoms in total. The smallest absolute Gasteiger partial charge is 0.246 e. The second kappa shape index (κ2) is 15.4. The van der Waals surface area contributed by atoms with Crippen molar-refractivity contribution in [1.82, 2.24) is 5.32 Å². The largest absolute Gasteiger partial charge is 0.378 e. The minimum atomic E-state index is -0.291. The van der Waals surface area contributed by atoms with Gasteiger partial charge in [-0.3, -0.25) is 9.79 Å². The van der Waals surface area contributed by atoms with Gasteiger partial charge in [-0.15, -0.1) is 0 Å². The van der Waals surface area contributed by atoms with Crippen LogP contribution in [0.1, 0.15) is 58.1 Å². The molecule has 32 heavy (non-hydrogen) atoms. The molecule has 0 spiro atoms. The predicted molar refractivity (Wildman–Crippen MR) is 140 cm³/mol. The second-order valence-electron chi connectivity index (χ2n) is 7.37. The molecule has 1 amide bonds. The van der Waals surface area contributed by atoms with Gasteiger partial charge in [0.2, 0.25) is 5.91 Å². The third-order valence-corrected chi connectivity index (χ3v) is 4.47. The number of para-hydroxylation sites is 1. The SMILES string of the molecule is C/C=C\N=CCC.C=C(C)NC(CCC)C(=O)Nc1ccccc1C(=C)c1ccccc1. The zero-order valence-electron chi connectivity index (χ0n) is 19.9. The number of nitrogens with one attached hydrogen (secondary N) is 2. The molecule has 0 radical (unpaired) electrons. The van der Waals surface area contributed by atoms with E-state index >= 15 is 0 Å². The van der Waals surface area contributed by atoms with Crippen LogP contribution in [0.4, 0.5) is 5.69 Å². The highest BCUT2D eigenvalue weighted by Crippen LogP contribution is 2.28. The van der Waals surface area contributed by atoms with Crippen LogP contribution in [0.15, 0.2) is 90.7 Å². The zero-order chi connectivity index (χ0) is 23.8. The summed E-state index contributed by atoms with van der Waals surface area (Å²) in [6.45, 7) is 16.0. The molecule has 0 aliphatic rings. The van der Waals surface area contributed by atoms with Gasteiger partial charge < -0.3 is 10.6 Å². The van der Waals surface area contributed by atoms with E-state index in [-0.39, 0.29) is 11.9 Å². The van der Waals surface area contributed by atoms with Crippen LogP contribution in [-0.2, 0) is 4.79 Å². The van der Waals surface area contributed by atoms with Crippen molar-refractivity contribution in [1.29, 1.82) is 0 Å². The summed E-state index contributed by atoms with van der Waals surface area (Å²) in [5.74, 6) is -0.0573. The number of allylic oxidation sites excluding steroid dienone is 2. The number of hydrogen-bond acceptors (Lipinski definition) is 3. The van der Waals surface area contributed by atoms with Crippen molar-refractivity contribution in [2.75, 3.05) is 5.32 Å². The summed E-state index contributed by atoms with van der Waals surface area (Å²) in [7, 11) is 0. The number of carbonyl (C=O) groups excluding carboxylic acids is 1. The van der Waals surface area contributed by atoms with Gasteiger partial charge in [0.1, 0.15) is 6.04 Å². The molecule has 2 aromatic carbocycles. The molecule has 0 saturated heterocycles. The Balaban J connectivity index is 0.000000633. The number of rotatable bonds is 10. The van der Waals surface area contributed by atoms with Gasteiger partial charge in [0.25, 0.3) is 0 Å². The number of nitrogens with zero attached hydrogens (tertiary/aromatic N) is 1. The van der Waals surface area contributed by atoms with E-state index in [1.807, 2.05) is 80.7 Å². The lowest BCUT2D eigenvalue weighted by Gasteiger charge is -2.20. The highest BCUT2D eigenvalue weighted by atomic mass is 16.2. The molecule has 0 fully saturated rings. The van der Waals surface area contributed by atoms with Gasteiger partial charge in [-0.25, -0.2) is 0 Å². The molecule has 0 heterocycles. The molecule has 0 aliphatic heterocycles. The van der Waals surface area contributed by atoms with Gasteiger partial charge >= 0.3 is 0 Å². The molecular formula is C28H37N3O. The van der Waals surface area contributed by atoms with E-state index in [0.29, 0.717) is 0 Å². The second-order valence-corrected chi connectivity index (χ2v) is 7.37. The number of aliphatic imine (C=N–C) groups is 1. The number of benzene rings is 2. The zero-order valence-corrected chi connectivity index (χ0v) is 19.9. The minimum Gasteiger partial charge on any atom is -0.378 e. The Morgan fingerprint density at radius 3 is 2.31 bits per heavy atom. The molecule has 170 valence electrons. The molecule has 0 bridgehead atoms. The fourth-order valence-corrected chi connectivity index (χ4v) is 2.98. The van der Waals surface area contributed by atoms with Gasteiger partial charge in [0.15, 0.2) is 0 Å². The standard InChI is InChI=1S/C22H26N2O.C6H11N/c1-5-11-21(23-16(2)3)22(25)24-20-15-10-9-14-19(20)17(4)18-12-7-6-8-13-18;1-3-5-7-6-4-2/h6-10,12-15,21,23H,2,4-5,11H2,1,3H3,(H,24,25);3,5-6H,4H2,1-2H3/b;5-3-,7-6?. The van der Waals surface area contributed by atoms with Crippen molar-refractivity contribution >= 4 is 23.4 Å². The lowest BCUT2D eigenvalue weighted by molar-refractivity contribution is -0.118. The molecular weight excluding hydrogens is 394 g/mol. The van der Waals surface area contributed by atoms with Crippen LogP contribution in [0.25, 0.3) is 5.57 Å². The van der Waals surface area contributed by atoms with Gasteiger partial charge in [0.05, 0.1) is 0 Å². The lowest BCUT2D eigenvalue weighted by atomic mass is 9.98. The predicted octanol–water partition coefficient (Wildman–Crippen LogP) is 6.98. The molecule has 0 saturated carbocycles. The van der Waals surface area contributed by atoms with E-state index in [1.165, 1.54) is 0 Å². The Hall–Kier alpha value is -3.40. The lowest BCUT2D eigenvalue weighted by Crippen LogP contribution is -2.39. The van der Waals surface area contributed by atoms with E-state index in [2.05, 4.69) is 42.6 Å². The first-order valence-corrected chi connectivity index (χ1v) is 11.1. The van der Waals surface area contributed by atoms with E-state index in [4.69, 9.17) is 0 Å². The summed E-state index contributed by atoms with van der Waals surface area (Å²) in [6, 6.07) is 17.4. The van der Waals surface area contributed by atoms with Crippen molar-refractivity contribution < 1.29 is 4.79 Å². The number of anilines is 1. The highest BCUT2D eigenvalue weighted by molar-refractivity contribution is 5.98. The van der Waals surface area contributed by atoms with Gasteiger partial charge in [0, 0.05) is 29.4 Å². The van der Waals surface area contributed by atoms with Gasteiger partial charge in [-0.1, -0.05) is 88.0 Å². The summed E-state index contributed by atoms with van der Waals surface area (Å²) in [6.07, 6.45) is 8.25. The highest BCUT2D eigenvalue weighted by Gasteiger charge is 2.18. The topological polar surface area (TPSA) is 53.5 Å². The fraction of sp³-hybridized carbons (Fsp3) is 0.286. The monoisotopic (exact) mass is 431 g/mol. The molecule has 2 rings (SSSR count). The van der Waals surface area contributed by atoms with Crippen LogP contribution in [0, 0.1) is 0 Å².